The summed E-state index contributed by atoms with van der Waals surface area (Å²) in [6.07, 6.45) is -1.20. The fraction of sp³-hybridized carbons (Fsp3) is 0.133. The lowest BCUT2D eigenvalue weighted by Crippen LogP contribution is -2.20. The van der Waals surface area contributed by atoms with Crippen molar-refractivity contribution >= 4 is 34.8 Å². The quantitative estimate of drug-likeness (QED) is 0.689. The van der Waals surface area contributed by atoms with E-state index < -0.39 is 6.09 Å². The van der Waals surface area contributed by atoms with Crippen molar-refractivity contribution in [3.8, 4) is 5.75 Å². The number of nitrogen functional groups attached to an aromatic ring is 1. The molecule has 0 saturated heterocycles. The van der Waals surface area contributed by atoms with Gasteiger partial charge in [-0.25, -0.2) is 14.8 Å². The number of rotatable bonds is 3. The van der Waals surface area contributed by atoms with Gasteiger partial charge in [0.1, 0.15) is 17.3 Å². The Bertz CT molecular complexity index is 804. The largest absolute Gasteiger partial charge is 0.497 e. The standard InChI is InChI=1S/C15H15N5O3/c1-23-9-4-2-3-8(5-9)11-7-17-10-6-12(20-15(21)22)19-14(16)13(10)18-11/h2-6,17H,7H2,1H3,(H,21,22)(H3,16,19,20). The number of nitrogens with one attached hydrogen (secondary N) is 2. The molecule has 3 rings (SSSR count). The number of carbonyl (C=O) groups is 1. The Morgan fingerprint density at radius 2 is 2.26 bits per heavy atom. The molecule has 0 unspecified atom stereocenters. The second-order valence-electron chi connectivity index (χ2n) is 4.86. The van der Waals surface area contributed by atoms with Crippen LogP contribution >= 0.6 is 0 Å². The molecule has 0 atom stereocenters. The molecule has 118 valence electrons. The molecule has 1 aliphatic heterocycles. The molecule has 8 heteroatoms. The molecule has 1 aliphatic rings. The van der Waals surface area contributed by atoms with Crippen LogP contribution in [0.4, 0.5) is 27.8 Å². The van der Waals surface area contributed by atoms with Gasteiger partial charge in [0.15, 0.2) is 5.82 Å². The maximum atomic E-state index is 10.7. The Hall–Kier alpha value is -3.29. The SMILES string of the molecule is COc1cccc(C2=Nc3c(cc(NC(=O)O)nc3N)NC2)c1. The number of nitrogens with zero attached hydrogens (tertiary/aromatic N) is 2. The topological polar surface area (TPSA) is 122 Å². The summed E-state index contributed by atoms with van der Waals surface area (Å²) in [4.78, 5) is 19.2. The number of amides is 1. The van der Waals surface area contributed by atoms with Crippen LogP contribution in [0.1, 0.15) is 5.56 Å². The van der Waals surface area contributed by atoms with E-state index >= 15 is 0 Å². The van der Waals surface area contributed by atoms with Crippen LogP contribution in [-0.2, 0) is 0 Å². The summed E-state index contributed by atoms with van der Waals surface area (Å²) in [6.45, 7) is 0.482. The molecular formula is C15H15N5O3. The molecule has 2 heterocycles. The molecule has 1 aromatic carbocycles. The number of anilines is 3. The molecule has 1 aromatic heterocycles. The zero-order valence-corrected chi connectivity index (χ0v) is 12.3. The van der Waals surface area contributed by atoms with Crippen LogP contribution in [-0.4, -0.2) is 35.5 Å². The van der Waals surface area contributed by atoms with E-state index in [2.05, 4.69) is 20.6 Å². The predicted molar refractivity (Wildman–Crippen MR) is 88.0 cm³/mol. The van der Waals surface area contributed by atoms with Crippen molar-refractivity contribution in [2.45, 2.75) is 0 Å². The number of pyridine rings is 1. The van der Waals surface area contributed by atoms with Gasteiger partial charge in [-0.3, -0.25) is 5.32 Å². The molecule has 0 fully saturated rings. The van der Waals surface area contributed by atoms with Crippen molar-refractivity contribution in [2.24, 2.45) is 4.99 Å². The first-order valence-corrected chi connectivity index (χ1v) is 6.83. The van der Waals surface area contributed by atoms with Crippen molar-refractivity contribution < 1.29 is 14.6 Å². The number of nitrogens with two attached hydrogens (primary N) is 1. The highest BCUT2D eigenvalue weighted by molar-refractivity contribution is 6.08. The number of aliphatic imine (C=N–C) groups is 1. The van der Waals surface area contributed by atoms with Crippen LogP contribution in [0.25, 0.3) is 0 Å². The third-order valence-electron chi connectivity index (χ3n) is 3.35. The zero-order chi connectivity index (χ0) is 16.4. The van der Waals surface area contributed by atoms with Crippen LogP contribution in [0.5, 0.6) is 5.75 Å². The predicted octanol–water partition coefficient (Wildman–Crippen LogP) is 2.31. The lowest BCUT2D eigenvalue weighted by atomic mass is 10.1. The van der Waals surface area contributed by atoms with Gasteiger partial charge in [0.2, 0.25) is 0 Å². The van der Waals surface area contributed by atoms with Crippen molar-refractivity contribution in [3.05, 3.63) is 35.9 Å². The summed E-state index contributed by atoms with van der Waals surface area (Å²) >= 11 is 0. The van der Waals surface area contributed by atoms with Gasteiger partial charge in [-0.1, -0.05) is 12.1 Å². The molecule has 0 aliphatic carbocycles. The van der Waals surface area contributed by atoms with E-state index in [9.17, 15) is 4.79 Å². The lowest BCUT2D eigenvalue weighted by molar-refractivity contribution is 0.209. The summed E-state index contributed by atoms with van der Waals surface area (Å²) in [7, 11) is 1.61. The van der Waals surface area contributed by atoms with E-state index in [1.807, 2.05) is 24.3 Å². The average molecular weight is 313 g/mol. The fourth-order valence-corrected chi connectivity index (χ4v) is 2.31. The number of hydrogen-bond acceptors (Lipinski definition) is 6. The van der Waals surface area contributed by atoms with Crippen LogP contribution in [0.2, 0.25) is 0 Å². The van der Waals surface area contributed by atoms with E-state index in [-0.39, 0.29) is 11.6 Å². The number of aromatic nitrogens is 1. The highest BCUT2D eigenvalue weighted by Gasteiger charge is 2.18. The first-order valence-electron chi connectivity index (χ1n) is 6.83. The number of hydrogen-bond donors (Lipinski definition) is 4. The Morgan fingerprint density at radius 1 is 1.43 bits per heavy atom. The van der Waals surface area contributed by atoms with Gasteiger partial charge < -0.3 is 20.9 Å². The summed E-state index contributed by atoms with van der Waals surface area (Å²) in [5, 5.41) is 14.1. The van der Waals surface area contributed by atoms with Crippen LogP contribution < -0.4 is 21.1 Å². The maximum absolute atomic E-state index is 10.7. The molecule has 5 N–H and O–H groups in total. The zero-order valence-electron chi connectivity index (χ0n) is 12.3. The van der Waals surface area contributed by atoms with Gasteiger partial charge in [0, 0.05) is 11.6 Å². The lowest BCUT2D eigenvalue weighted by Gasteiger charge is -2.20. The molecular weight excluding hydrogens is 298 g/mol. The molecule has 0 radical (unpaired) electrons. The highest BCUT2D eigenvalue weighted by atomic mass is 16.5. The van der Waals surface area contributed by atoms with E-state index in [0.717, 1.165) is 17.0 Å². The number of ether oxygens (including phenoxy) is 1. The molecule has 0 spiro atoms. The van der Waals surface area contributed by atoms with Crippen LogP contribution in [0, 0.1) is 0 Å². The van der Waals surface area contributed by atoms with Gasteiger partial charge in [0.05, 0.1) is 25.1 Å². The first kappa shape index (κ1) is 14.6. The molecule has 8 nitrogen and oxygen atoms in total. The van der Waals surface area contributed by atoms with Crippen molar-refractivity contribution in [2.75, 3.05) is 30.0 Å². The normalized spacial score (nSPS) is 12.7. The minimum Gasteiger partial charge on any atom is -0.497 e. The fourth-order valence-electron chi connectivity index (χ4n) is 2.31. The Kier molecular flexibility index (Phi) is 3.71. The monoisotopic (exact) mass is 313 g/mol. The van der Waals surface area contributed by atoms with Crippen molar-refractivity contribution in [1.29, 1.82) is 0 Å². The van der Waals surface area contributed by atoms with Gasteiger partial charge in [-0.05, 0) is 12.1 Å². The van der Waals surface area contributed by atoms with E-state index in [1.165, 1.54) is 0 Å². The van der Waals surface area contributed by atoms with Gasteiger partial charge in [0.25, 0.3) is 0 Å². The van der Waals surface area contributed by atoms with Crippen molar-refractivity contribution in [3.63, 3.8) is 0 Å². The molecule has 2 aromatic rings. The Morgan fingerprint density at radius 3 is 3.00 bits per heavy atom. The first-order chi connectivity index (χ1) is 11.1. The minimum absolute atomic E-state index is 0.152. The molecule has 23 heavy (non-hydrogen) atoms. The minimum atomic E-state index is -1.20. The average Bonchev–Trinajstić information content (AvgIpc) is 2.54. The smallest absolute Gasteiger partial charge is 0.410 e. The second-order valence-corrected chi connectivity index (χ2v) is 4.86. The number of fused-ring (bicyclic) bond motifs is 1. The Balaban J connectivity index is 1.98. The summed E-state index contributed by atoms with van der Waals surface area (Å²) in [6, 6.07) is 9.11. The highest BCUT2D eigenvalue weighted by Crippen LogP contribution is 2.35. The number of carboxylic acid groups (broad SMARTS) is 1. The van der Waals surface area contributed by atoms with E-state index in [4.69, 9.17) is 15.6 Å². The van der Waals surface area contributed by atoms with Gasteiger partial charge in [-0.2, -0.15) is 0 Å². The molecule has 0 saturated carbocycles. The van der Waals surface area contributed by atoms with E-state index in [0.29, 0.717) is 17.9 Å². The summed E-state index contributed by atoms with van der Waals surface area (Å²) in [5.41, 5.74) is 8.73. The van der Waals surface area contributed by atoms with Crippen LogP contribution in [0.15, 0.2) is 35.3 Å². The van der Waals surface area contributed by atoms with Crippen LogP contribution in [0.3, 0.4) is 0 Å². The molecule has 0 bridgehead atoms. The molecule has 1 amide bonds. The Labute approximate surface area is 132 Å². The number of benzene rings is 1. The van der Waals surface area contributed by atoms with Gasteiger partial charge in [-0.15, -0.1) is 0 Å². The third-order valence-corrected chi connectivity index (χ3v) is 3.35. The van der Waals surface area contributed by atoms with E-state index in [1.54, 1.807) is 13.2 Å². The number of methoxy groups -OCH3 is 1. The van der Waals surface area contributed by atoms with Gasteiger partial charge >= 0.3 is 6.09 Å². The summed E-state index contributed by atoms with van der Waals surface area (Å²) < 4.78 is 5.22. The summed E-state index contributed by atoms with van der Waals surface area (Å²) in [5.74, 6) is 1.04. The maximum Gasteiger partial charge on any atom is 0.410 e. The van der Waals surface area contributed by atoms with Crippen molar-refractivity contribution in [1.82, 2.24) is 4.98 Å². The second kappa shape index (κ2) is 5.84. The third kappa shape index (κ3) is 3.00.